The largest absolute Gasteiger partial charge is 0.486 e. The molecule has 0 unspecified atom stereocenters. The third kappa shape index (κ3) is 4.23. The maximum absolute atomic E-state index is 12.0. The zero-order valence-electron chi connectivity index (χ0n) is 13.4. The number of rotatable bonds is 6. The SMILES string of the molecule is Cn1c(COc2ccc(Cl)cc2)nnc1SCC(=O)N1CCNC1=O. The smallest absolute Gasteiger partial charge is 0.324 e. The molecule has 1 aromatic carbocycles. The van der Waals surface area contributed by atoms with Gasteiger partial charge in [0.1, 0.15) is 12.4 Å². The third-order valence-electron chi connectivity index (χ3n) is 3.59. The van der Waals surface area contributed by atoms with Gasteiger partial charge in [-0.15, -0.1) is 10.2 Å². The fourth-order valence-electron chi connectivity index (χ4n) is 2.19. The standard InChI is InChI=1S/C15H16ClN5O3S/c1-20-12(8-24-11-4-2-10(16)3-5-11)18-19-15(20)25-9-13(22)21-7-6-17-14(21)23/h2-5H,6-9H2,1H3,(H,17,23). The van der Waals surface area contributed by atoms with Crippen molar-refractivity contribution in [3.63, 3.8) is 0 Å². The van der Waals surface area contributed by atoms with Gasteiger partial charge in [0.25, 0.3) is 0 Å². The molecule has 2 aromatic rings. The summed E-state index contributed by atoms with van der Waals surface area (Å²) >= 11 is 7.07. The Kier molecular flexibility index (Phi) is 5.44. The zero-order valence-corrected chi connectivity index (χ0v) is 15.0. The Balaban J connectivity index is 1.54. The first-order valence-corrected chi connectivity index (χ1v) is 8.88. The minimum Gasteiger partial charge on any atom is -0.486 e. The summed E-state index contributed by atoms with van der Waals surface area (Å²) in [5, 5.41) is 12.0. The highest BCUT2D eigenvalue weighted by Gasteiger charge is 2.26. The minimum absolute atomic E-state index is 0.122. The second-order valence-corrected chi connectivity index (χ2v) is 6.65. The van der Waals surface area contributed by atoms with Crippen molar-refractivity contribution >= 4 is 35.3 Å². The van der Waals surface area contributed by atoms with E-state index in [0.29, 0.717) is 34.8 Å². The highest BCUT2D eigenvalue weighted by molar-refractivity contribution is 7.99. The number of nitrogens with one attached hydrogen (secondary N) is 1. The van der Waals surface area contributed by atoms with E-state index in [0.717, 1.165) is 0 Å². The van der Waals surface area contributed by atoms with Crippen LogP contribution in [0.3, 0.4) is 0 Å². The Labute approximate surface area is 153 Å². The lowest BCUT2D eigenvalue weighted by atomic mass is 10.3. The van der Waals surface area contributed by atoms with Crippen molar-refractivity contribution in [2.45, 2.75) is 11.8 Å². The lowest BCUT2D eigenvalue weighted by Crippen LogP contribution is -2.35. The molecule has 1 aliphatic heterocycles. The number of aromatic nitrogens is 3. The van der Waals surface area contributed by atoms with Crippen molar-refractivity contribution in [3.8, 4) is 5.75 Å². The first kappa shape index (κ1) is 17.6. The van der Waals surface area contributed by atoms with Crippen LogP contribution < -0.4 is 10.1 Å². The van der Waals surface area contributed by atoms with Gasteiger partial charge in [-0.1, -0.05) is 23.4 Å². The van der Waals surface area contributed by atoms with Crippen molar-refractivity contribution in [2.24, 2.45) is 7.05 Å². The molecule has 1 fully saturated rings. The monoisotopic (exact) mass is 381 g/mol. The summed E-state index contributed by atoms with van der Waals surface area (Å²) in [6.07, 6.45) is 0. The van der Waals surface area contributed by atoms with Gasteiger partial charge in [-0.2, -0.15) is 0 Å². The third-order valence-corrected chi connectivity index (χ3v) is 4.85. The normalized spacial score (nSPS) is 13.8. The second-order valence-electron chi connectivity index (χ2n) is 5.27. The molecule has 0 aliphatic carbocycles. The summed E-state index contributed by atoms with van der Waals surface area (Å²) in [6, 6.07) is 6.69. The number of benzene rings is 1. The van der Waals surface area contributed by atoms with E-state index >= 15 is 0 Å². The molecule has 0 radical (unpaired) electrons. The maximum Gasteiger partial charge on any atom is 0.324 e. The van der Waals surface area contributed by atoms with E-state index in [1.54, 1.807) is 35.9 Å². The number of nitrogens with zero attached hydrogens (tertiary/aromatic N) is 4. The molecule has 0 saturated carbocycles. The van der Waals surface area contributed by atoms with Gasteiger partial charge in [0.15, 0.2) is 11.0 Å². The number of imide groups is 1. The molecule has 1 N–H and O–H groups in total. The van der Waals surface area contributed by atoms with Crippen LogP contribution in [0.2, 0.25) is 5.02 Å². The summed E-state index contributed by atoms with van der Waals surface area (Å²) in [6.45, 7) is 1.14. The number of hydrogen-bond donors (Lipinski definition) is 1. The van der Waals surface area contributed by atoms with E-state index in [4.69, 9.17) is 16.3 Å². The number of ether oxygens (including phenoxy) is 1. The number of carbonyl (C=O) groups excluding carboxylic acids is 2. The average molecular weight is 382 g/mol. The van der Waals surface area contributed by atoms with Gasteiger partial charge in [0, 0.05) is 25.2 Å². The van der Waals surface area contributed by atoms with Crippen LogP contribution in [-0.2, 0) is 18.4 Å². The molecule has 2 heterocycles. The Bertz CT molecular complexity index is 780. The average Bonchev–Trinajstić information content (AvgIpc) is 3.18. The molecule has 132 valence electrons. The molecule has 0 bridgehead atoms. The Morgan fingerprint density at radius 1 is 1.36 bits per heavy atom. The number of halogens is 1. The van der Waals surface area contributed by atoms with E-state index in [1.807, 2.05) is 0 Å². The minimum atomic E-state index is -0.347. The number of urea groups is 1. The van der Waals surface area contributed by atoms with Gasteiger partial charge in [-0.3, -0.25) is 9.69 Å². The lowest BCUT2D eigenvalue weighted by Gasteiger charge is -2.11. The Morgan fingerprint density at radius 2 is 2.12 bits per heavy atom. The van der Waals surface area contributed by atoms with Gasteiger partial charge < -0.3 is 14.6 Å². The van der Waals surface area contributed by atoms with Crippen LogP contribution in [0.15, 0.2) is 29.4 Å². The van der Waals surface area contributed by atoms with E-state index in [1.165, 1.54) is 16.7 Å². The number of hydrogen-bond acceptors (Lipinski definition) is 6. The van der Waals surface area contributed by atoms with Gasteiger partial charge in [0.2, 0.25) is 5.91 Å². The fraction of sp³-hybridized carbons (Fsp3) is 0.333. The molecule has 3 amide bonds. The molecule has 1 aromatic heterocycles. The van der Waals surface area contributed by atoms with E-state index in [2.05, 4.69) is 15.5 Å². The predicted molar refractivity (Wildman–Crippen MR) is 92.6 cm³/mol. The van der Waals surface area contributed by atoms with Crippen LogP contribution in [0.1, 0.15) is 5.82 Å². The van der Waals surface area contributed by atoms with Crippen LogP contribution >= 0.6 is 23.4 Å². The first-order valence-electron chi connectivity index (χ1n) is 7.52. The van der Waals surface area contributed by atoms with E-state index < -0.39 is 0 Å². The molecule has 3 rings (SSSR count). The van der Waals surface area contributed by atoms with Crippen molar-refractivity contribution in [1.82, 2.24) is 25.0 Å². The van der Waals surface area contributed by atoms with Crippen LogP contribution in [-0.4, -0.2) is 50.4 Å². The highest BCUT2D eigenvalue weighted by Crippen LogP contribution is 2.19. The summed E-state index contributed by atoms with van der Waals surface area (Å²) in [5.74, 6) is 1.18. The molecule has 0 atom stereocenters. The lowest BCUT2D eigenvalue weighted by molar-refractivity contribution is -0.124. The molecule has 25 heavy (non-hydrogen) atoms. The summed E-state index contributed by atoms with van der Waals surface area (Å²) in [7, 11) is 1.80. The van der Waals surface area contributed by atoms with Gasteiger partial charge >= 0.3 is 6.03 Å². The summed E-state index contributed by atoms with van der Waals surface area (Å²) in [5.41, 5.74) is 0. The summed E-state index contributed by atoms with van der Waals surface area (Å²) < 4.78 is 7.40. The van der Waals surface area contributed by atoms with Crippen molar-refractivity contribution in [2.75, 3.05) is 18.8 Å². The van der Waals surface area contributed by atoms with Crippen molar-refractivity contribution < 1.29 is 14.3 Å². The van der Waals surface area contributed by atoms with Crippen LogP contribution in [0, 0.1) is 0 Å². The summed E-state index contributed by atoms with van der Waals surface area (Å²) in [4.78, 5) is 24.7. The number of thioether (sulfide) groups is 1. The molecule has 1 aliphatic rings. The number of amides is 3. The van der Waals surface area contributed by atoms with Crippen LogP contribution in [0.25, 0.3) is 0 Å². The highest BCUT2D eigenvalue weighted by atomic mass is 35.5. The molecular weight excluding hydrogens is 366 g/mol. The van der Waals surface area contributed by atoms with Crippen molar-refractivity contribution in [1.29, 1.82) is 0 Å². The second kappa shape index (κ2) is 7.75. The van der Waals surface area contributed by atoms with Gasteiger partial charge in [-0.25, -0.2) is 4.79 Å². The zero-order chi connectivity index (χ0) is 17.8. The predicted octanol–water partition coefficient (Wildman–Crippen LogP) is 1.69. The van der Waals surface area contributed by atoms with Crippen molar-refractivity contribution in [3.05, 3.63) is 35.1 Å². The van der Waals surface area contributed by atoms with Crippen LogP contribution in [0.5, 0.6) is 5.75 Å². The van der Waals surface area contributed by atoms with Crippen LogP contribution in [0.4, 0.5) is 4.79 Å². The molecular formula is C15H16ClN5O3S. The first-order chi connectivity index (χ1) is 12.0. The van der Waals surface area contributed by atoms with Gasteiger partial charge in [-0.05, 0) is 24.3 Å². The molecule has 8 nitrogen and oxygen atoms in total. The van der Waals surface area contributed by atoms with E-state index in [9.17, 15) is 9.59 Å². The Morgan fingerprint density at radius 3 is 2.80 bits per heavy atom. The Hall–Kier alpha value is -2.26. The molecule has 0 spiro atoms. The maximum atomic E-state index is 12.0. The topological polar surface area (TPSA) is 89.3 Å². The van der Waals surface area contributed by atoms with Gasteiger partial charge in [0.05, 0.1) is 5.75 Å². The molecule has 10 heteroatoms. The van der Waals surface area contributed by atoms with E-state index in [-0.39, 0.29) is 24.3 Å². The number of carbonyl (C=O) groups is 2. The fourth-order valence-corrected chi connectivity index (χ4v) is 3.12. The quantitative estimate of drug-likeness (QED) is 0.766. The molecule has 1 saturated heterocycles.